The van der Waals surface area contributed by atoms with Crippen LogP contribution in [0.25, 0.3) is 0 Å². The van der Waals surface area contributed by atoms with Crippen LogP contribution in [-0.4, -0.2) is 40.7 Å². The largest absolute Gasteiger partial charge is 0.326 e. The standard InChI is InChI=1S/C20H26N4O4/c1-2-16(25)21-14-7-6-8-15(13-14)22-17(26)9-12-24-18(27)20(23-19(24)28)10-4-3-5-11-20/h6-8,13H,2-5,9-12H2,1H3,(H,21,25)(H,22,26)(H,23,28). The van der Waals surface area contributed by atoms with Gasteiger partial charge in [-0.1, -0.05) is 32.3 Å². The van der Waals surface area contributed by atoms with Crippen LogP contribution in [0.5, 0.6) is 0 Å². The van der Waals surface area contributed by atoms with E-state index in [0.717, 1.165) is 24.2 Å². The summed E-state index contributed by atoms with van der Waals surface area (Å²) in [6.07, 6.45) is 4.62. The van der Waals surface area contributed by atoms with Crippen LogP contribution in [0.3, 0.4) is 0 Å². The normalized spacial score (nSPS) is 18.1. The number of hydrogen-bond acceptors (Lipinski definition) is 4. The maximum atomic E-state index is 12.7. The van der Waals surface area contributed by atoms with Crippen molar-refractivity contribution in [2.45, 2.75) is 57.4 Å². The van der Waals surface area contributed by atoms with E-state index in [0.29, 0.717) is 30.6 Å². The number of carbonyl (C=O) groups is 4. The van der Waals surface area contributed by atoms with Gasteiger partial charge in [-0.05, 0) is 31.0 Å². The Hall–Kier alpha value is -2.90. The summed E-state index contributed by atoms with van der Waals surface area (Å²) < 4.78 is 0. The first-order valence-electron chi connectivity index (χ1n) is 9.77. The third-order valence-electron chi connectivity index (χ3n) is 5.27. The zero-order valence-corrected chi connectivity index (χ0v) is 16.0. The number of anilines is 2. The number of hydrogen-bond donors (Lipinski definition) is 3. The molecule has 2 aliphatic rings. The van der Waals surface area contributed by atoms with Gasteiger partial charge in [0.2, 0.25) is 11.8 Å². The first-order valence-corrected chi connectivity index (χ1v) is 9.77. The van der Waals surface area contributed by atoms with Gasteiger partial charge in [-0.15, -0.1) is 0 Å². The molecule has 28 heavy (non-hydrogen) atoms. The van der Waals surface area contributed by atoms with Gasteiger partial charge in [-0.25, -0.2) is 4.79 Å². The number of nitrogens with zero attached hydrogens (tertiary/aromatic N) is 1. The smallest absolute Gasteiger partial charge is 0.325 e. The summed E-state index contributed by atoms with van der Waals surface area (Å²) in [4.78, 5) is 49.8. The van der Waals surface area contributed by atoms with Gasteiger partial charge in [0.15, 0.2) is 0 Å². The molecule has 1 aliphatic carbocycles. The molecule has 1 saturated heterocycles. The van der Waals surface area contributed by atoms with Crippen molar-refractivity contribution >= 4 is 35.1 Å². The third-order valence-corrected chi connectivity index (χ3v) is 5.27. The molecule has 3 rings (SSSR count). The summed E-state index contributed by atoms with van der Waals surface area (Å²) in [5.74, 6) is -0.628. The van der Waals surface area contributed by atoms with Crippen LogP contribution >= 0.6 is 0 Å². The maximum absolute atomic E-state index is 12.7. The van der Waals surface area contributed by atoms with E-state index in [4.69, 9.17) is 0 Å². The molecule has 1 spiro atoms. The minimum absolute atomic E-state index is 0.0147. The fourth-order valence-electron chi connectivity index (χ4n) is 3.73. The Morgan fingerprint density at radius 1 is 1.07 bits per heavy atom. The lowest BCUT2D eigenvalue weighted by atomic mass is 9.82. The first kappa shape index (κ1) is 19.9. The van der Waals surface area contributed by atoms with Gasteiger partial charge in [0.05, 0.1) is 0 Å². The maximum Gasteiger partial charge on any atom is 0.325 e. The van der Waals surface area contributed by atoms with Crippen LogP contribution in [0, 0.1) is 0 Å². The molecule has 150 valence electrons. The van der Waals surface area contributed by atoms with Gasteiger partial charge in [-0.3, -0.25) is 19.3 Å². The van der Waals surface area contributed by atoms with E-state index in [-0.39, 0.29) is 30.7 Å². The average Bonchev–Trinajstić information content (AvgIpc) is 2.90. The molecule has 0 atom stereocenters. The van der Waals surface area contributed by atoms with Crippen molar-refractivity contribution in [2.75, 3.05) is 17.2 Å². The van der Waals surface area contributed by atoms with Crippen LogP contribution in [-0.2, 0) is 14.4 Å². The van der Waals surface area contributed by atoms with Crippen molar-refractivity contribution in [2.24, 2.45) is 0 Å². The molecule has 0 aromatic heterocycles. The highest BCUT2D eigenvalue weighted by molar-refractivity contribution is 6.07. The molecule has 3 N–H and O–H groups in total. The zero-order chi connectivity index (χ0) is 20.1. The molecule has 8 heteroatoms. The monoisotopic (exact) mass is 386 g/mol. The highest BCUT2D eigenvalue weighted by atomic mass is 16.2. The molecule has 1 aliphatic heterocycles. The van der Waals surface area contributed by atoms with E-state index in [9.17, 15) is 19.2 Å². The van der Waals surface area contributed by atoms with E-state index in [2.05, 4.69) is 16.0 Å². The molecule has 1 aromatic carbocycles. The number of rotatable bonds is 6. The van der Waals surface area contributed by atoms with Crippen LogP contribution in [0.2, 0.25) is 0 Å². The number of carbonyl (C=O) groups excluding carboxylic acids is 4. The number of imide groups is 1. The number of urea groups is 1. The van der Waals surface area contributed by atoms with Crippen LogP contribution in [0.4, 0.5) is 16.2 Å². The minimum atomic E-state index is -0.766. The molecule has 1 aromatic rings. The fraction of sp³-hybridized carbons (Fsp3) is 0.500. The van der Waals surface area contributed by atoms with Crippen molar-refractivity contribution in [3.8, 4) is 0 Å². The molecule has 2 fully saturated rings. The second kappa shape index (κ2) is 8.41. The lowest BCUT2D eigenvalue weighted by Crippen LogP contribution is -2.48. The Morgan fingerprint density at radius 3 is 2.36 bits per heavy atom. The molecule has 0 unspecified atom stereocenters. The summed E-state index contributed by atoms with van der Waals surface area (Å²) in [7, 11) is 0. The Bertz CT molecular complexity index is 786. The molecule has 1 heterocycles. The fourth-order valence-corrected chi connectivity index (χ4v) is 3.73. The van der Waals surface area contributed by atoms with Gasteiger partial charge >= 0.3 is 6.03 Å². The van der Waals surface area contributed by atoms with Crippen LogP contribution in [0.15, 0.2) is 24.3 Å². The lowest BCUT2D eigenvalue weighted by Gasteiger charge is -2.30. The lowest BCUT2D eigenvalue weighted by molar-refractivity contribution is -0.132. The Labute approximate surface area is 164 Å². The Kier molecular flexibility index (Phi) is 5.96. The van der Waals surface area contributed by atoms with E-state index in [1.165, 1.54) is 0 Å². The molecule has 0 bridgehead atoms. The van der Waals surface area contributed by atoms with Gasteiger partial charge in [0.1, 0.15) is 5.54 Å². The number of nitrogens with one attached hydrogen (secondary N) is 3. The van der Waals surface area contributed by atoms with Crippen molar-refractivity contribution in [1.29, 1.82) is 0 Å². The van der Waals surface area contributed by atoms with E-state index >= 15 is 0 Å². The van der Waals surface area contributed by atoms with E-state index < -0.39 is 11.6 Å². The third kappa shape index (κ3) is 4.32. The topological polar surface area (TPSA) is 108 Å². The average molecular weight is 386 g/mol. The highest BCUT2D eigenvalue weighted by Crippen LogP contribution is 2.33. The molecular formula is C20H26N4O4. The summed E-state index contributed by atoms with van der Waals surface area (Å²) >= 11 is 0. The van der Waals surface area contributed by atoms with E-state index in [1.54, 1.807) is 31.2 Å². The Balaban J connectivity index is 1.54. The van der Waals surface area contributed by atoms with E-state index in [1.807, 2.05) is 0 Å². The second-order valence-corrected chi connectivity index (χ2v) is 7.31. The van der Waals surface area contributed by atoms with Gasteiger partial charge in [0, 0.05) is 30.8 Å². The van der Waals surface area contributed by atoms with Gasteiger partial charge in [-0.2, -0.15) is 0 Å². The van der Waals surface area contributed by atoms with Crippen molar-refractivity contribution in [3.63, 3.8) is 0 Å². The van der Waals surface area contributed by atoms with Crippen molar-refractivity contribution in [1.82, 2.24) is 10.2 Å². The van der Waals surface area contributed by atoms with Crippen molar-refractivity contribution < 1.29 is 19.2 Å². The summed E-state index contributed by atoms with van der Waals surface area (Å²) in [6.45, 7) is 1.80. The first-order chi connectivity index (χ1) is 13.4. The van der Waals surface area contributed by atoms with Crippen LogP contribution < -0.4 is 16.0 Å². The summed E-state index contributed by atoms with van der Waals surface area (Å²) in [6, 6.07) is 6.43. The summed E-state index contributed by atoms with van der Waals surface area (Å²) in [5.41, 5.74) is 0.371. The van der Waals surface area contributed by atoms with Crippen molar-refractivity contribution in [3.05, 3.63) is 24.3 Å². The second-order valence-electron chi connectivity index (χ2n) is 7.31. The predicted octanol–water partition coefficient (Wildman–Crippen LogP) is 2.62. The quantitative estimate of drug-likeness (QED) is 0.653. The number of benzene rings is 1. The molecule has 8 nitrogen and oxygen atoms in total. The Morgan fingerprint density at radius 2 is 1.71 bits per heavy atom. The number of amides is 5. The zero-order valence-electron chi connectivity index (χ0n) is 16.0. The molecular weight excluding hydrogens is 360 g/mol. The van der Waals surface area contributed by atoms with Gasteiger partial charge < -0.3 is 16.0 Å². The summed E-state index contributed by atoms with van der Waals surface area (Å²) in [5, 5.41) is 8.31. The molecule has 1 saturated carbocycles. The predicted molar refractivity (Wildman–Crippen MR) is 105 cm³/mol. The van der Waals surface area contributed by atoms with Gasteiger partial charge in [0.25, 0.3) is 5.91 Å². The van der Waals surface area contributed by atoms with Crippen LogP contribution in [0.1, 0.15) is 51.9 Å². The highest BCUT2D eigenvalue weighted by Gasteiger charge is 2.51. The SMILES string of the molecule is CCC(=O)Nc1cccc(NC(=O)CCN2C(=O)NC3(CCCCC3)C2=O)c1. The minimum Gasteiger partial charge on any atom is -0.326 e. The molecule has 5 amide bonds. The molecule has 0 radical (unpaired) electrons.